The minimum atomic E-state index is -0.419. The molecule has 0 aromatic carbocycles. The van der Waals surface area contributed by atoms with Crippen molar-refractivity contribution < 1.29 is 13.9 Å². The lowest BCUT2D eigenvalue weighted by atomic mass is 10.2. The van der Waals surface area contributed by atoms with Crippen LogP contribution in [0.15, 0.2) is 16.5 Å². The zero-order valence-corrected chi connectivity index (χ0v) is 14.7. The molecule has 6 heteroatoms. The maximum Gasteiger partial charge on any atom is 0.410 e. The number of halogens is 1. The van der Waals surface area contributed by atoms with Crippen molar-refractivity contribution in [2.24, 2.45) is 11.8 Å². The summed E-state index contributed by atoms with van der Waals surface area (Å²) in [4.78, 5) is 13.8. The fraction of sp³-hybridized carbons (Fsp3) is 0.667. The van der Waals surface area contributed by atoms with E-state index < -0.39 is 5.60 Å². The van der Waals surface area contributed by atoms with Crippen LogP contribution in [0.2, 0.25) is 0 Å². The molecule has 5 nitrogen and oxygen atoms in total. The number of carbonyl (C=O) groups excluding carboxylic acids is 1. The molecule has 2 heterocycles. The van der Waals surface area contributed by atoms with E-state index in [0.717, 1.165) is 29.2 Å². The van der Waals surface area contributed by atoms with Gasteiger partial charge in [-0.3, -0.25) is 0 Å². The number of amides is 1. The molecule has 1 aromatic heterocycles. The Labute approximate surface area is 138 Å². The van der Waals surface area contributed by atoms with Gasteiger partial charge in [-0.05, 0) is 67.3 Å². The molecule has 0 spiro atoms. The van der Waals surface area contributed by atoms with E-state index in [1.54, 1.807) is 0 Å². The first-order valence-corrected chi connectivity index (χ1v) is 8.37. The molecule has 1 aromatic rings. The molecule has 0 bridgehead atoms. The number of furan rings is 1. The van der Waals surface area contributed by atoms with Gasteiger partial charge in [-0.2, -0.15) is 0 Å². The Balaban J connectivity index is 1.43. The number of hydrogen-bond donors (Lipinski definition) is 1. The molecule has 116 valence electrons. The van der Waals surface area contributed by atoms with Gasteiger partial charge < -0.3 is 19.4 Å². The first kappa shape index (κ1) is 15.1. The van der Waals surface area contributed by atoms with Gasteiger partial charge in [0.1, 0.15) is 11.4 Å². The van der Waals surface area contributed by atoms with Crippen LogP contribution in [0.25, 0.3) is 0 Å². The van der Waals surface area contributed by atoms with E-state index in [-0.39, 0.29) is 6.09 Å². The van der Waals surface area contributed by atoms with Crippen molar-refractivity contribution in [1.29, 1.82) is 0 Å². The lowest BCUT2D eigenvalue weighted by Gasteiger charge is -2.26. The van der Waals surface area contributed by atoms with Crippen LogP contribution in [0, 0.1) is 15.6 Å². The van der Waals surface area contributed by atoms with Gasteiger partial charge in [-0.25, -0.2) is 4.79 Å². The minimum absolute atomic E-state index is 0.186. The van der Waals surface area contributed by atoms with E-state index in [1.807, 2.05) is 37.8 Å². The summed E-state index contributed by atoms with van der Waals surface area (Å²) in [5.74, 6) is 2.09. The molecule has 2 atom stereocenters. The van der Waals surface area contributed by atoms with Crippen molar-refractivity contribution in [1.82, 2.24) is 10.2 Å². The molecule has 1 aliphatic carbocycles. The zero-order chi connectivity index (χ0) is 15.2. The van der Waals surface area contributed by atoms with Crippen LogP contribution in [0.3, 0.4) is 0 Å². The summed E-state index contributed by atoms with van der Waals surface area (Å²) in [6.07, 6.45) is -0.186. The second kappa shape index (κ2) is 5.46. The third-order valence-electron chi connectivity index (χ3n) is 3.99. The summed E-state index contributed by atoms with van der Waals surface area (Å²) >= 11 is 2.17. The molecule has 3 rings (SSSR count). The fourth-order valence-corrected chi connectivity index (χ4v) is 3.43. The van der Waals surface area contributed by atoms with Crippen molar-refractivity contribution in [2.75, 3.05) is 13.1 Å². The van der Waals surface area contributed by atoms with Gasteiger partial charge in [-0.1, -0.05) is 0 Å². The highest BCUT2D eigenvalue weighted by molar-refractivity contribution is 14.1. The topological polar surface area (TPSA) is 54.7 Å². The quantitative estimate of drug-likeness (QED) is 0.788. The molecule has 2 fully saturated rings. The predicted molar refractivity (Wildman–Crippen MR) is 86.8 cm³/mol. The lowest BCUT2D eigenvalue weighted by Crippen LogP contribution is -2.39. The monoisotopic (exact) mass is 404 g/mol. The summed E-state index contributed by atoms with van der Waals surface area (Å²) in [5, 5.41) is 3.52. The Morgan fingerprint density at radius 3 is 2.62 bits per heavy atom. The Morgan fingerprint density at radius 2 is 2.10 bits per heavy atom. The predicted octanol–water partition coefficient (Wildman–Crippen LogP) is 2.84. The highest BCUT2D eigenvalue weighted by Crippen LogP contribution is 2.45. The Hall–Kier alpha value is -0.760. The number of piperidine rings is 1. The summed E-state index contributed by atoms with van der Waals surface area (Å²) in [5.41, 5.74) is -0.419. The third kappa shape index (κ3) is 3.53. The minimum Gasteiger partial charge on any atom is -0.454 e. The summed E-state index contributed by atoms with van der Waals surface area (Å²) in [6.45, 7) is 8.05. The molecular formula is C15H21IN2O3. The molecule has 2 unspecified atom stereocenters. The average molecular weight is 404 g/mol. The van der Waals surface area contributed by atoms with E-state index >= 15 is 0 Å². The van der Waals surface area contributed by atoms with Crippen LogP contribution >= 0.6 is 22.6 Å². The summed E-state index contributed by atoms with van der Waals surface area (Å²) < 4.78 is 11.9. The number of carbonyl (C=O) groups is 1. The molecule has 0 radical (unpaired) electrons. The molecule has 21 heavy (non-hydrogen) atoms. The average Bonchev–Trinajstić information content (AvgIpc) is 2.77. The Kier molecular flexibility index (Phi) is 3.94. The van der Waals surface area contributed by atoms with E-state index in [2.05, 4.69) is 27.9 Å². The van der Waals surface area contributed by atoms with Gasteiger partial charge in [0, 0.05) is 19.1 Å². The molecule has 1 aliphatic heterocycles. The Bertz CT molecular complexity index is 525. The van der Waals surface area contributed by atoms with Gasteiger partial charge in [0.15, 0.2) is 3.77 Å². The molecule has 2 aliphatic rings. The maximum absolute atomic E-state index is 12.0. The van der Waals surface area contributed by atoms with E-state index in [1.165, 1.54) is 0 Å². The van der Waals surface area contributed by atoms with Crippen molar-refractivity contribution in [3.8, 4) is 0 Å². The number of rotatable bonds is 3. The van der Waals surface area contributed by atoms with E-state index in [0.29, 0.717) is 17.9 Å². The number of fused-ring (bicyclic) bond motifs is 1. The highest BCUT2D eigenvalue weighted by Gasteiger charge is 2.56. The van der Waals surface area contributed by atoms with Gasteiger partial charge in [0.2, 0.25) is 0 Å². The number of likely N-dealkylation sites (tertiary alicyclic amines) is 1. The van der Waals surface area contributed by atoms with Gasteiger partial charge in [-0.15, -0.1) is 0 Å². The van der Waals surface area contributed by atoms with Gasteiger partial charge in [0.05, 0.1) is 6.54 Å². The zero-order valence-electron chi connectivity index (χ0n) is 12.6. The summed E-state index contributed by atoms with van der Waals surface area (Å²) in [7, 11) is 0. The largest absolute Gasteiger partial charge is 0.454 e. The fourth-order valence-electron chi connectivity index (χ4n) is 2.97. The molecular weight excluding hydrogens is 383 g/mol. The van der Waals surface area contributed by atoms with E-state index in [4.69, 9.17) is 9.15 Å². The number of nitrogens with one attached hydrogen (secondary N) is 1. The number of hydrogen-bond acceptors (Lipinski definition) is 4. The van der Waals surface area contributed by atoms with Crippen molar-refractivity contribution >= 4 is 28.7 Å². The normalized spacial score (nSPS) is 27.6. The van der Waals surface area contributed by atoms with Gasteiger partial charge in [0.25, 0.3) is 0 Å². The van der Waals surface area contributed by atoms with Crippen molar-refractivity contribution in [2.45, 2.75) is 39.0 Å². The van der Waals surface area contributed by atoms with Crippen molar-refractivity contribution in [3.05, 3.63) is 21.7 Å². The maximum atomic E-state index is 12.0. The summed E-state index contributed by atoms with van der Waals surface area (Å²) in [6, 6.07) is 4.47. The van der Waals surface area contributed by atoms with Crippen LogP contribution in [-0.4, -0.2) is 35.7 Å². The highest BCUT2D eigenvalue weighted by atomic mass is 127. The van der Waals surface area contributed by atoms with Crippen LogP contribution < -0.4 is 5.32 Å². The first-order chi connectivity index (χ1) is 9.83. The van der Waals surface area contributed by atoms with Crippen LogP contribution in [0.4, 0.5) is 4.79 Å². The molecule has 1 N–H and O–H groups in total. The molecule has 1 amide bonds. The van der Waals surface area contributed by atoms with Crippen LogP contribution in [0.5, 0.6) is 0 Å². The van der Waals surface area contributed by atoms with Gasteiger partial charge >= 0.3 is 6.09 Å². The second-order valence-electron chi connectivity index (χ2n) is 6.83. The number of ether oxygens (including phenoxy) is 1. The smallest absolute Gasteiger partial charge is 0.410 e. The molecule has 1 saturated carbocycles. The SMILES string of the molecule is CC(C)(C)OC(=O)N1CC2C(C1)C2NCc1ccc(I)o1. The van der Waals surface area contributed by atoms with E-state index in [9.17, 15) is 4.79 Å². The second-order valence-corrected chi connectivity index (χ2v) is 7.89. The van der Waals surface area contributed by atoms with Crippen LogP contribution in [-0.2, 0) is 11.3 Å². The first-order valence-electron chi connectivity index (χ1n) is 7.29. The standard InChI is InChI=1S/C15H21IN2O3/c1-15(2,3)21-14(19)18-7-10-11(8-18)13(10)17-6-9-4-5-12(16)20-9/h4-5,10-11,13,17H,6-8H2,1-3H3. The third-order valence-corrected chi connectivity index (χ3v) is 4.57. The van der Waals surface area contributed by atoms with Crippen LogP contribution in [0.1, 0.15) is 26.5 Å². The lowest BCUT2D eigenvalue weighted by molar-refractivity contribution is 0.0269. The van der Waals surface area contributed by atoms with Crippen molar-refractivity contribution in [3.63, 3.8) is 0 Å². The number of nitrogens with zero attached hydrogens (tertiary/aromatic N) is 1. The Morgan fingerprint density at radius 1 is 1.43 bits per heavy atom. The molecule has 1 saturated heterocycles.